The molecule has 1 aromatic carbocycles. The average molecular weight is 373 g/mol. The van der Waals surface area contributed by atoms with Gasteiger partial charge in [0.05, 0.1) is 19.3 Å². The van der Waals surface area contributed by atoms with Gasteiger partial charge in [0, 0.05) is 0 Å². The molecule has 0 aliphatic carbocycles. The molecule has 0 radical (unpaired) electrons. The molecule has 2 fully saturated rings. The van der Waals surface area contributed by atoms with Crippen LogP contribution in [0.2, 0.25) is 0 Å². The number of likely N-dealkylation sites (N-methyl/N-ethyl adjacent to an activating group) is 1. The lowest BCUT2D eigenvalue weighted by molar-refractivity contribution is -0.769. The molecule has 0 bridgehead atoms. The van der Waals surface area contributed by atoms with Gasteiger partial charge in [-0.15, -0.1) is 22.5 Å². The lowest BCUT2D eigenvalue weighted by atomic mass is 10.1. The Bertz CT molecular complexity index is 547. The van der Waals surface area contributed by atoms with Gasteiger partial charge in [-0.2, -0.15) is 0 Å². The second-order valence-corrected chi connectivity index (χ2v) is 6.45. The molecule has 4 atom stereocenters. The minimum Gasteiger partial charge on any atom is -0.371 e. The Balaban J connectivity index is 0.00000225. The van der Waals surface area contributed by atoms with E-state index in [0.29, 0.717) is 6.61 Å². The molecular weight excluding hydrogens is 348 g/mol. The third-order valence-electron chi connectivity index (χ3n) is 4.84. The van der Waals surface area contributed by atoms with E-state index < -0.39 is 11.2 Å². The van der Waals surface area contributed by atoms with E-state index >= 15 is 0 Å². The molecular formula is C17H25ClN2O5. The zero-order valence-corrected chi connectivity index (χ0v) is 15.1. The van der Waals surface area contributed by atoms with Crippen molar-refractivity contribution in [2.75, 3.05) is 26.8 Å². The van der Waals surface area contributed by atoms with Gasteiger partial charge in [0.2, 0.25) is 0 Å². The number of aryl methyl sites for hydroxylation is 1. The predicted molar refractivity (Wildman–Crippen MR) is 94.4 cm³/mol. The minimum absolute atomic E-state index is 0. The Morgan fingerprint density at radius 3 is 2.64 bits per heavy atom. The number of ether oxygens (including phenoxy) is 2. The summed E-state index contributed by atoms with van der Waals surface area (Å²) in [4.78, 5) is 17.4. The van der Waals surface area contributed by atoms with Crippen LogP contribution in [0.5, 0.6) is 0 Å². The highest BCUT2D eigenvalue weighted by atomic mass is 35.5. The second-order valence-electron chi connectivity index (χ2n) is 6.45. The summed E-state index contributed by atoms with van der Waals surface area (Å²) in [6.07, 6.45) is 2.21. The summed E-state index contributed by atoms with van der Waals surface area (Å²) in [5.74, 6) is 0. The van der Waals surface area contributed by atoms with Crippen LogP contribution in [-0.4, -0.2) is 61.1 Å². The molecule has 0 aromatic heterocycles. The molecule has 0 amide bonds. The summed E-state index contributed by atoms with van der Waals surface area (Å²) in [5.41, 5.74) is 1.36. The Morgan fingerprint density at radius 2 is 1.92 bits per heavy atom. The number of fused-ring (bicyclic) bond motifs is 1. The van der Waals surface area contributed by atoms with Crippen LogP contribution in [0.4, 0.5) is 0 Å². The third-order valence-corrected chi connectivity index (χ3v) is 4.84. The summed E-state index contributed by atoms with van der Waals surface area (Å²) in [6.45, 7) is 1.70. The Kier molecular flexibility index (Phi) is 7.43. The smallest absolute Gasteiger partial charge is 0.294 e. The molecule has 3 rings (SSSR count). The van der Waals surface area contributed by atoms with Gasteiger partial charge in [0.1, 0.15) is 12.2 Å². The first-order valence-corrected chi connectivity index (χ1v) is 8.43. The van der Waals surface area contributed by atoms with Gasteiger partial charge < -0.3 is 14.3 Å². The molecule has 0 N–H and O–H groups in total. The van der Waals surface area contributed by atoms with E-state index in [1.807, 2.05) is 6.07 Å². The number of nitrogens with zero attached hydrogens (tertiary/aromatic N) is 2. The van der Waals surface area contributed by atoms with Crippen LogP contribution < -0.4 is 0 Å². The fourth-order valence-electron chi connectivity index (χ4n) is 3.52. The quantitative estimate of drug-likeness (QED) is 0.395. The summed E-state index contributed by atoms with van der Waals surface area (Å²) in [5, 5.41) is 9.75. The standard InChI is InChI=1S/C17H24N2O5.ClH/c1-18(10-6-5-9-13-7-3-2-4-8-13)14-11-22-17-15(24-19(20)21)12-23-16(14)17;/h2-4,7-8,14-17H,5-6,9-12H2,1H3;1H/t14-,15-,16+,17+;/m0./s1. The first-order valence-electron chi connectivity index (χ1n) is 8.43. The molecule has 8 heteroatoms. The first-order chi connectivity index (χ1) is 11.6. The molecule has 1 aromatic rings. The highest BCUT2D eigenvalue weighted by Crippen LogP contribution is 2.31. The van der Waals surface area contributed by atoms with Gasteiger partial charge in [0.25, 0.3) is 5.09 Å². The normalized spacial score (nSPS) is 27.8. The molecule has 2 aliphatic heterocycles. The van der Waals surface area contributed by atoms with Crippen LogP contribution in [0.15, 0.2) is 30.3 Å². The molecule has 0 saturated carbocycles. The van der Waals surface area contributed by atoms with Crippen LogP contribution in [0.1, 0.15) is 18.4 Å². The van der Waals surface area contributed by atoms with Gasteiger partial charge in [-0.05, 0) is 38.4 Å². The largest absolute Gasteiger partial charge is 0.371 e. The van der Waals surface area contributed by atoms with Gasteiger partial charge >= 0.3 is 0 Å². The van der Waals surface area contributed by atoms with E-state index in [1.165, 1.54) is 5.56 Å². The highest BCUT2D eigenvalue weighted by Gasteiger charge is 2.50. The van der Waals surface area contributed by atoms with Crippen molar-refractivity contribution in [3.05, 3.63) is 46.0 Å². The van der Waals surface area contributed by atoms with Gasteiger partial charge in [0.15, 0.2) is 6.10 Å². The van der Waals surface area contributed by atoms with E-state index in [1.54, 1.807) is 0 Å². The first kappa shape index (κ1) is 19.9. The lowest BCUT2D eigenvalue weighted by Gasteiger charge is -2.27. The number of benzene rings is 1. The maximum absolute atomic E-state index is 10.5. The summed E-state index contributed by atoms with van der Waals surface area (Å²) in [7, 11) is 2.06. The van der Waals surface area contributed by atoms with Crippen molar-refractivity contribution < 1.29 is 19.4 Å². The van der Waals surface area contributed by atoms with E-state index in [4.69, 9.17) is 9.47 Å². The molecule has 2 aliphatic rings. The summed E-state index contributed by atoms with van der Waals surface area (Å²) in [6, 6.07) is 10.6. The number of halogens is 1. The molecule has 0 spiro atoms. The van der Waals surface area contributed by atoms with Crippen molar-refractivity contribution in [2.24, 2.45) is 0 Å². The van der Waals surface area contributed by atoms with Crippen molar-refractivity contribution in [2.45, 2.75) is 43.6 Å². The Labute approximate surface area is 153 Å². The van der Waals surface area contributed by atoms with Crippen LogP contribution in [-0.2, 0) is 20.7 Å². The van der Waals surface area contributed by atoms with E-state index in [9.17, 15) is 10.1 Å². The number of rotatable bonds is 8. The monoisotopic (exact) mass is 372 g/mol. The van der Waals surface area contributed by atoms with Crippen LogP contribution in [0.3, 0.4) is 0 Å². The maximum Gasteiger partial charge on any atom is 0.294 e. The Hall–Kier alpha value is -1.41. The average Bonchev–Trinajstić information content (AvgIpc) is 3.15. The Morgan fingerprint density at radius 1 is 1.20 bits per heavy atom. The van der Waals surface area contributed by atoms with Crippen molar-refractivity contribution in [1.82, 2.24) is 4.90 Å². The molecule has 2 heterocycles. The second kappa shape index (κ2) is 9.33. The fourth-order valence-corrected chi connectivity index (χ4v) is 3.52. The zero-order valence-electron chi connectivity index (χ0n) is 14.3. The SMILES string of the molecule is CN(CCCCc1ccccc1)[C@H]1CO[C@H]2[C@@H]1OC[C@@H]2O[N+](=O)[O-].Cl. The van der Waals surface area contributed by atoms with Crippen molar-refractivity contribution in [1.29, 1.82) is 0 Å². The summed E-state index contributed by atoms with van der Waals surface area (Å²) >= 11 is 0. The lowest BCUT2D eigenvalue weighted by Crippen LogP contribution is -2.43. The highest BCUT2D eigenvalue weighted by molar-refractivity contribution is 5.85. The van der Waals surface area contributed by atoms with Gasteiger partial charge in [-0.25, -0.2) is 0 Å². The van der Waals surface area contributed by atoms with E-state index in [0.717, 1.165) is 25.8 Å². The van der Waals surface area contributed by atoms with Crippen LogP contribution in [0, 0.1) is 10.1 Å². The number of hydrogen-bond acceptors (Lipinski definition) is 6. The van der Waals surface area contributed by atoms with E-state index in [-0.39, 0.29) is 37.3 Å². The third kappa shape index (κ3) is 5.04. The van der Waals surface area contributed by atoms with E-state index in [2.05, 4.69) is 41.1 Å². The number of unbranched alkanes of at least 4 members (excludes halogenated alkanes) is 1. The maximum atomic E-state index is 10.5. The van der Waals surface area contributed by atoms with Crippen LogP contribution >= 0.6 is 12.4 Å². The van der Waals surface area contributed by atoms with Gasteiger partial charge in [-0.3, -0.25) is 4.90 Å². The van der Waals surface area contributed by atoms with Crippen molar-refractivity contribution >= 4 is 12.4 Å². The summed E-state index contributed by atoms with van der Waals surface area (Å²) < 4.78 is 11.4. The number of hydrogen-bond donors (Lipinski definition) is 0. The van der Waals surface area contributed by atoms with Crippen molar-refractivity contribution in [3.8, 4) is 0 Å². The molecule has 0 unspecified atom stereocenters. The molecule has 7 nitrogen and oxygen atoms in total. The topological polar surface area (TPSA) is 74.1 Å². The van der Waals surface area contributed by atoms with Crippen molar-refractivity contribution in [3.63, 3.8) is 0 Å². The van der Waals surface area contributed by atoms with Gasteiger partial charge in [-0.1, -0.05) is 30.3 Å². The minimum atomic E-state index is -0.764. The molecule has 25 heavy (non-hydrogen) atoms. The predicted octanol–water partition coefficient (Wildman–Crippen LogP) is 2.11. The molecule has 2 saturated heterocycles. The van der Waals surface area contributed by atoms with Crippen LogP contribution in [0.25, 0.3) is 0 Å². The molecule has 140 valence electrons. The fraction of sp³-hybridized carbons (Fsp3) is 0.647. The zero-order chi connectivity index (χ0) is 16.9.